The summed E-state index contributed by atoms with van der Waals surface area (Å²) in [6, 6.07) is 5.17. The van der Waals surface area contributed by atoms with Crippen LogP contribution in [0.1, 0.15) is 51.5 Å². The van der Waals surface area contributed by atoms with Crippen LogP contribution in [0.4, 0.5) is 5.69 Å². The minimum absolute atomic E-state index is 0. The molecule has 22 heavy (non-hydrogen) atoms. The van der Waals surface area contributed by atoms with Crippen molar-refractivity contribution in [2.45, 2.75) is 39.5 Å². The topological polar surface area (TPSA) is 72.5 Å². The normalized spacial score (nSPS) is 16.6. The fourth-order valence-corrected chi connectivity index (χ4v) is 2.57. The van der Waals surface area contributed by atoms with Crippen LogP contribution in [0, 0.1) is 5.92 Å². The number of carbonyl (C=O) groups is 3. The predicted molar refractivity (Wildman–Crippen MR) is 85.0 cm³/mol. The molecular formula is C17H23NO4. The Hall–Kier alpha value is -2.17. The second-order valence-electron chi connectivity index (χ2n) is 6.11. The zero-order chi connectivity index (χ0) is 16.5. The number of hydrogen-bond donors (Lipinski definition) is 1. The molecule has 1 heterocycles. The van der Waals surface area contributed by atoms with Crippen LogP contribution >= 0.6 is 0 Å². The van der Waals surface area contributed by atoms with Gasteiger partial charge in [0.25, 0.3) is 0 Å². The molecule has 1 aliphatic heterocycles. The van der Waals surface area contributed by atoms with Crippen molar-refractivity contribution in [3.05, 3.63) is 29.3 Å². The van der Waals surface area contributed by atoms with Gasteiger partial charge in [-0.3, -0.25) is 14.4 Å². The largest absolute Gasteiger partial charge is 0.466 e. The molecule has 5 heteroatoms. The Kier molecular flexibility index (Phi) is 4.35. The van der Waals surface area contributed by atoms with Crippen molar-refractivity contribution >= 4 is 23.3 Å². The minimum atomic E-state index is -0.657. The molecule has 1 aromatic carbocycles. The van der Waals surface area contributed by atoms with Crippen LogP contribution < -0.4 is 5.32 Å². The number of anilines is 1. The van der Waals surface area contributed by atoms with Crippen LogP contribution in [0.25, 0.3) is 0 Å². The van der Waals surface area contributed by atoms with E-state index < -0.39 is 11.3 Å². The molecule has 1 N–H and O–H groups in total. The Morgan fingerprint density at radius 1 is 1.36 bits per heavy atom. The summed E-state index contributed by atoms with van der Waals surface area (Å²) < 4.78 is 4.87. The predicted octanol–water partition coefficient (Wildman–Crippen LogP) is 2.93. The molecule has 0 spiro atoms. The van der Waals surface area contributed by atoms with Gasteiger partial charge in [0.2, 0.25) is 5.91 Å². The summed E-state index contributed by atoms with van der Waals surface area (Å²) in [4.78, 5) is 35.9. The maximum absolute atomic E-state index is 12.5. The Bertz CT molecular complexity index is 639. The van der Waals surface area contributed by atoms with Crippen LogP contribution in [0.15, 0.2) is 18.2 Å². The highest BCUT2D eigenvalue weighted by molar-refractivity contribution is 6.07. The fraction of sp³-hybridized carbons (Fsp3) is 0.471. The number of ether oxygens (including phenoxy) is 1. The van der Waals surface area contributed by atoms with Gasteiger partial charge in [-0.05, 0) is 44.5 Å². The van der Waals surface area contributed by atoms with E-state index in [0.717, 1.165) is 11.3 Å². The van der Waals surface area contributed by atoms with Gasteiger partial charge in [0, 0.05) is 18.6 Å². The van der Waals surface area contributed by atoms with Gasteiger partial charge in [0.15, 0.2) is 5.78 Å². The Labute approximate surface area is 131 Å². The van der Waals surface area contributed by atoms with E-state index in [9.17, 15) is 14.4 Å². The monoisotopic (exact) mass is 305 g/mol. The lowest BCUT2D eigenvalue weighted by atomic mass is 9.84. The lowest BCUT2D eigenvalue weighted by Crippen LogP contribution is -2.27. The zero-order valence-corrected chi connectivity index (χ0v) is 13.4. The highest BCUT2D eigenvalue weighted by Crippen LogP contribution is 2.38. The molecule has 0 aliphatic carbocycles. The number of esters is 1. The summed E-state index contributed by atoms with van der Waals surface area (Å²) in [5.74, 6) is -1.02. The maximum atomic E-state index is 12.5. The highest BCUT2D eigenvalue weighted by Gasteiger charge is 2.38. The summed E-state index contributed by atoms with van der Waals surface area (Å²) in [6.45, 7) is 7.40. The van der Waals surface area contributed by atoms with Gasteiger partial charge in [0.05, 0.1) is 18.4 Å². The molecule has 0 fully saturated rings. The molecule has 0 saturated carbocycles. The average molecular weight is 305 g/mol. The SMILES string of the molecule is CCOC(=O)CC(C)C(=O)c1ccc2c(c1)C(C)(C)C(=O)N2.[HH]. The van der Waals surface area contributed by atoms with Crippen molar-refractivity contribution in [2.24, 2.45) is 5.92 Å². The Morgan fingerprint density at radius 3 is 2.68 bits per heavy atom. The van der Waals surface area contributed by atoms with E-state index in [1.165, 1.54) is 0 Å². The van der Waals surface area contributed by atoms with Crippen molar-refractivity contribution in [3.8, 4) is 0 Å². The van der Waals surface area contributed by atoms with Crippen LogP contribution in [0.5, 0.6) is 0 Å². The van der Waals surface area contributed by atoms with Gasteiger partial charge in [-0.15, -0.1) is 0 Å². The number of amides is 1. The molecule has 1 atom stereocenters. The molecule has 0 radical (unpaired) electrons. The third-order valence-electron chi connectivity index (χ3n) is 4.02. The number of fused-ring (bicyclic) bond motifs is 1. The highest BCUT2D eigenvalue weighted by atomic mass is 16.5. The first-order chi connectivity index (χ1) is 10.3. The molecule has 1 unspecified atom stereocenters. The van der Waals surface area contributed by atoms with Crippen molar-refractivity contribution in [1.82, 2.24) is 0 Å². The van der Waals surface area contributed by atoms with Gasteiger partial charge in [-0.2, -0.15) is 0 Å². The first-order valence-electron chi connectivity index (χ1n) is 7.43. The third kappa shape index (κ3) is 2.89. The van der Waals surface area contributed by atoms with Crippen molar-refractivity contribution in [3.63, 3.8) is 0 Å². The number of ketones is 1. The molecule has 120 valence electrons. The van der Waals surface area contributed by atoms with Crippen LogP contribution in [-0.2, 0) is 19.7 Å². The summed E-state index contributed by atoms with van der Waals surface area (Å²) in [5, 5.41) is 2.81. The molecule has 1 amide bonds. The van der Waals surface area contributed by atoms with Gasteiger partial charge in [-0.25, -0.2) is 0 Å². The summed E-state index contributed by atoms with van der Waals surface area (Å²) in [7, 11) is 0. The molecule has 1 aliphatic rings. The molecule has 2 rings (SSSR count). The first kappa shape index (κ1) is 16.2. The van der Waals surface area contributed by atoms with E-state index >= 15 is 0 Å². The van der Waals surface area contributed by atoms with Crippen molar-refractivity contribution in [1.29, 1.82) is 0 Å². The minimum Gasteiger partial charge on any atom is -0.466 e. The van der Waals surface area contributed by atoms with E-state index in [1.54, 1.807) is 32.0 Å². The summed E-state index contributed by atoms with van der Waals surface area (Å²) >= 11 is 0. The van der Waals surface area contributed by atoms with E-state index in [0.29, 0.717) is 12.2 Å². The van der Waals surface area contributed by atoms with E-state index in [2.05, 4.69) is 5.32 Å². The Morgan fingerprint density at radius 2 is 2.05 bits per heavy atom. The quantitative estimate of drug-likeness (QED) is 0.670. The lowest BCUT2D eigenvalue weighted by molar-refractivity contribution is -0.143. The van der Waals surface area contributed by atoms with Crippen LogP contribution in [-0.4, -0.2) is 24.3 Å². The molecule has 0 bridgehead atoms. The number of rotatable bonds is 5. The lowest BCUT2D eigenvalue weighted by Gasteiger charge is -2.16. The second kappa shape index (κ2) is 5.91. The molecule has 1 aromatic rings. The average Bonchev–Trinajstić information content (AvgIpc) is 2.68. The number of Topliss-reactive ketones (excluding diaryl/α,β-unsaturated/α-hetero) is 1. The summed E-state index contributed by atoms with van der Waals surface area (Å²) in [5.41, 5.74) is 1.41. The van der Waals surface area contributed by atoms with Gasteiger partial charge >= 0.3 is 5.97 Å². The standard InChI is InChI=1S/C17H21NO4.H2/c1-5-22-14(19)8-10(2)15(20)11-6-7-13-12(9-11)17(3,4)16(21)18-13;/h6-7,9-10H,5,8H2,1-4H3,(H,18,21);1H. The van der Waals surface area contributed by atoms with Crippen LogP contribution in [0.3, 0.4) is 0 Å². The van der Waals surface area contributed by atoms with Crippen molar-refractivity contribution in [2.75, 3.05) is 11.9 Å². The van der Waals surface area contributed by atoms with E-state index in [-0.39, 0.29) is 25.5 Å². The van der Waals surface area contributed by atoms with Gasteiger partial charge in [-0.1, -0.05) is 6.92 Å². The summed E-state index contributed by atoms with van der Waals surface area (Å²) in [6.07, 6.45) is 0.0599. The fourth-order valence-electron chi connectivity index (χ4n) is 2.57. The van der Waals surface area contributed by atoms with Gasteiger partial charge in [0.1, 0.15) is 0 Å². The molecule has 0 saturated heterocycles. The van der Waals surface area contributed by atoms with Crippen molar-refractivity contribution < 1.29 is 20.5 Å². The Balaban J connectivity index is 0.00000264. The number of hydrogen-bond acceptors (Lipinski definition) is 4. The van der Waals surface area contributed by atoms with E-state index in [1.807, 2.05) is 13.8 Å². The third-order valence-corrected chi connectivity index (χ3v) is 4.02. The van der Waals surface area contributed by atoms with E-state index in [4.69, 9.17) is 4.74 Å². The number of benzene rings is 1. The molecular weight excluding hydrogens is 282 g/mol. The molecule has 0 aromatic heterocycles. The smallest absolute Gasteiger partial charge is 0.306 e. The number of carbonyl (C=O) groups excluding carboxylic acids is 3. The van der Waals surface area contributed by atoms with Crippen LogP contribution in [0.2, 0.25) is 0 Å². The molecule has 5 nitrogen and oxygen atoms in total. The maximum Gasteiger partial charge on any atom is 0.306 e. The van der Waals surface area contributed by atoms with Gasteiger partial charge < -0.3 is 10.1 Å². The zero-order valence-electron chi connectivity index (χ0n) is 13.4. The number of nitrogens with one attached hydrogen (secondary N) is 1. The second-order valence-corrected chi connectivity index (χ2v) is 6.11. The first-order valence-corrected chi connectivity index (χ1v) is 7.43.